The van der Waals surface area contributed by atoms with Crippen molar-refractivity contribution in [3.8, 4) is 0 Å². The first-order chi connectivity index (χ1) is 7.56. The highest BCUT2D eigenvalue weighted by molar-refractivity contribution is 6.17. The van der Waals surface area contributed by atoms with Crippen molar-refractivity contribution in [2.75, 3.05) is 5.88 Å². The molecule has 0 unspecified atom stereocenters. The molecule has 0 aromatic heterocycles. The van der Waals surface area contributed by atoms with Gasteiger partial charge in [0.2, 0.25) is 0 Å². The summed E-state index contributed by atoms with van der Waals surface area (Å²) in [7, 11) is 0. The first kappa shape index (κ1) is 12.7. The molecule has 1 aromatic rings. The second kappa shape index (κ2) is 5.66. The summed E-state index contributed by atoms with van der Waals surface area (Å²) in [5, 5.41) is 10.8. The van der Waals surface area contributed by atoms with Crippen molar-refractivity contribution in [1.82, 2.24) is 0 Å². The van der Waals surface area contributed by atoms with Gasteiger partial charge in [-0.15, -0.1) is 11.6 Å². The van der Waals surface area contributed by atoms with Gasteiger partial charge in [0.25, 0.3) is 5.69 Å². The van der Waals surface area contributed by atoms with Crippen molar-refractivity contribution in [1.29, 1.82) is 0 Å². The van der Waals surface area contributed by atoms with Crippen molar-refractivity contribution in [2.24, 2.45) is 0 Å². The van der Waals surface area contributed by atoms with Crippen LogP contribution in [0.1, 0.15) is 23.1 Å². The average molecular weight is 240 g/mol. The summed E-state index contributed by atoms with van der Waals surface area (Å²) < 4.78 is 0. The molecule has 0 aliphatic rings. The van der Waals surface area contributed by atoms with Crippen molar-refractivity contribution >= 4 is 23.4 Å². The summed E-state index contributed by atoms with van der Waals surface area (Å²) in [6.45, 7) is 3.69. The summed E-state index contributed by atoms with van der Waals surface area (Å²) in [5.74, 6) is 0.559. The van der Waals surface area contributed by atoms with Gasteiger partial charge in [-0.1, -0.05) is 12.2 Å². The van der Waals surface area contributed by atoms with Gasteiger partial charge in [-0.3, -0.25) is 10.1 Å². The fourth-order valence-electron chi connectivity index (χ4n) is 1.51. The lowest BCUT2D eigenvalue weighted by molar-refractivity contribution is -0.385. The molecule has 0 radical (unpaired) electrons. The van der Waals surface area contributed by atoms with Crippen LogP contribution >= 0.6 is 11.6 Å². The van der Waals surface area contributed by atoms with E-state index in [2.05, 4.69) is 0 Å². The van der Waals surface area contributed by atoms with Gasteiger partial charge in [0.15, 0.2) is 0 Å². The summed E-state index contributed by atoms with van der Waals surface area (Å²) in [6.07, 6.45) is 4.57. The zero-order valence-electron chi connectivity index (χ0n) is 9.37. The minimum atomic E-state index is -0.354. The Kier molecular flexibility index (Phi) is 4.50. The Morgan fingerprint density at radius 1 is 1.38 bits per heavy atom. The van der Waals surface area contributed by atoms with Crippen LogP contribution in [-0.4, -0.2) is 10.8 Å². The number of nitrogens with zero attached hydrogens (tertiary/aromatic N) is 1. The number of rotatable bonds is 4. The normalized spacial score (nSPS) is 10.9. The Morgan fingerprint density at radius 3 is 2.62 bits per heavy atom. The SMILES string of the molecule is Cc1cc(C)c([N+](=O)[O-])cc1C=CCCCl. The van der Waals surface area contributed by atoms with E-state index in [0.29, 0.717) is 11.4 Å². The van der Waals surface area contributed by atoms with Gasteiger partial charge in [0, 0.05) is 17.5 Å². The molecule has 0 amide bonds. The van der Waals surface area contributed by atoms with Crippen LogP contribution in [0.4, 0.5) is 5.69 Å². The maximum Gasteiger partial charge on any atom is 0.272 e. The number of hydrogen-bond donors (Lipinski definition) is 0. The summed E-state index contributed by atoms with van der Waals surface area (Å²) in [4.78, 5) is 10.4. The number of alkyl halides is 1. The molecule has 0 saturated carbocycles. The van der Waals surface area contributed by atoms with Gasteiger partial charge in [-0.25, -0.2) is 0 Å². The van der Waals surface area contributed by atoms with E-state index in [0.717, 1.165) is 17.5 Å². The predicted molar refractivity (Wildman–Crippen MR) is 66.9 cm³/mol. The second-order valence-corrected chi connectivity index (χ2v) is 4.01. The van der Waals surface area contributed by atoms with E-state index in [9.17, 15) is 10.1 Å². The molecule has 0 bridgehead atoms. The molecule has 0 aliphatic heterocycles. The van der Waals surface area contributed by atoms with Gasteiger partial charge in [-0.2, -0.15) is 0 Å². The van der Waals surface area contributed by atoms with E-state index in [1.807, 2.05) is 25.1 Å². The third-order valence-corrected chi connectivity index (χ3v) is 2.57. The third-order valence-electron chi connectivity index (χ3n) is 2.35. The maximum absolute atomic E-state index is 10.8. The number of halogens is 1. The van der Waals surface area contributed by atoms with Gasteiger partial charge in [0.1, 0.15) is 0 Å². The van der Waals surface area contributed by atoms with Gasteiger partial charge in [0.05, 0.1) is 4.92 Å². The zero-order chi connectivity index (χ0) is 12.1. The van der Waals surface area contributed by atoms with Crippen molar-refractivity contribution in [2.45, 2.75) is 20.3 Å². The van der Waals surface area contributed by atoms with Gasteiger partial charge < -0.3 is 0 Å². The fourth-order valence-corrected chi connectivity index (χ4v) is 1.63. The Labute approximate surface area is 99.9 Å². The van der Waals surface area contributed by atoms with Crippen LogP contribution in [0.2, 0.25) is 0 Å². The van der Waals surface area contributed by atoms with Crippen molar-refractivity contribution in [3.63, 3.8) is 0 Å². The third kappa shape index (κ3) is 3.07. The van der Waals surface area contributed by atoms with E-state index in [-0.39, 0.29) is 10.6 Å². The Morgan fingerprint density at radius 2 is 2.06 bits per heavy atom. The monoisotopic (exact) mass is 239 g/mol. The van der Waals surface area contributed by atoms with Crippen LogP contribution in [-0.2, 0) is 0 Å². The topological polar surface area (TPSA) is 43.1 Å². The molecule has 4 heteroatoms. The number of allylic oxidation sites excluding steroid dienone is 1. The molecule has 3 nitrogen and oxygen atoms in total. The number of aryl methyl sites for hydroxylation is 2. The molecule has 0 fully saturated rings. The van der Waals surface area contributed by atoms with E-state index in [4.69, 9.17) is 11.6 Å². The van der Waals surface area contributed by atoms with Crippen LogP contribution < -0.4 is 0 Å². The Bertz CT molecular complexity index is 427. The molecule has 86 valence electrons. The lowest BCUT2D eigenvalue weighted by Gasteiger charge is -2.03. The molecular formula is C12H14ClNO2. The number of nitro benzene ring substituents is 1. The minimum absolute atomic E-state index is 0.163. The summed E-state index contributed by atoms with van der Waals surface area (Å²) in [5.41, 5.74) is 2.77. The Hall–Kier alpha value is -1.35. The molecule has 0 heterocycles. The van der Waals surface area contributed by atoms with Crippen LogP contribution in [0, 0.1) is 24.0 Å². The summed E-state index contributed by atoms with van der Waals surface area (Å²) >= 11 is 5.56. The molecule has 0 atom stereocenters. The molecule has 1 rings (SSSR count). The van der Waals surface area contributed by atoms with Crippen molar-refractivity contribution in [3.05, 3.63) is 45.0 Å². The Balaban J connectivity index is 3.09. The van der Waals surface area contributed by atoms with Crippen LogP contribution in [0.3, 0.4) is 0 Å². The smallest absolute Gasteiger partial charge is 0.258 e. The largest absolute Gasteiger partial charge is 0.272 e. The quantitative estimate of drug-likeness (QED) is 0.455. The molecule has 0 spiro atoms. The van der Waals surface area contributed by atoms with Crippen molar-refractivity contribution < 1.29 is 4.92 Å². The minimum Gasteiger partial charge on any atom is -0.258 e. The molecular weight excluding hydrogens is 226 g/mol. The van der Waals surface area contributed by atoms with E-state index < -0.39 is 0 Å². The van der Waals surface area contributed by atoms with E-state index in [1.54, 1.807) is 13.0 Å². The zero-order valence-corrected chi connectivity index (χ0v) is 10.1. The second-order valence-electron chi connectivity index (χ2n) is 3.63. The van der Waals surface area contributed by atoms with Crippen LogP contribution in [0.5, 0.6) is 0 Å². The molecule has 0 aliphatic carbocycles. The lowest BCUT2D eigenvalue weighted by atomic mass is 10.0. The highest BCUT2D eigenvalue weighted by atomic mass is 35.5. The predicted octanol–water partition coefficient (Wildman–Crippen LogP) is 3.85. The van der Waals surface area contributed by atoms with Crippen LogP contribution in [0.25, 0.3) is 6.08 Å². The fraction of sp³-hybridized carbons (Fsp3) is 0.333. The highest BCUT2D eigenvalue weighted by Gasteiger charge is 2.11. The molecule has 0 N–H and O–H groups in total. The molecule has 1 aromatic carbocycles. The maximum atomic E-state index is 10.8. The van der Waals surface area contributed by atoms with E-state index >= 15 is 0 Å². The number of nitro groups is 1. The summed E-state index contributed by atoms with van der Waals surface area (Å²) in [6, 6.07) is 3.44. The number of hydrogen-bond acceptors (Lipinski definition) is 2. The lowest BCUT2D eigenvalue weighted by Crippen LogP contribution is -1.94. The standard InChI is InChI=1S/C12H14ClNO2/c1-9-7-10(2)12(14(15)16)8-11(9)5-3-4-6-13/h3,5,7-8H,4,6H2,1-2H3. The highest BCUT2D eigenvalue weighted by Crippen LogP contribution is 2.23. The number of benzene rings is 1. The molecule has 16 heavy (non-hydrogen) atoms. The molecule has 0 saturated heterocycles. The average Bonchev–Trinajstić information content (AvgIpc) is 2.21. The van der Waals surface area contributed by atoms with Crippen LogP contribution in [0.15, 0.2) is 18.2 Å². The first-order valence-electron chi connectivity index (χ1n) is 5.04. The first-order valence-corrected chi connectivity index (χ1v) is 5.58. The van der Waals surface area contributed by atoms with Gasteiger partial charge >= 0.3 is 0 Å². The van der Waals surface area contributed by atoms with Gasteiger partial charge in [-0.05, 0) is 37.5 Å². The van der Waals surface area contributed by atoms with E-state index in [1.165, 1.54) is 0 Å².